The number of carbonyl (C=O) groups excluding carboxylic acids is 1. The summed E-state index contributed by atoms with van der Waals surface area (Å²) in [6, 6.07) is 14.8. The Hall–Kier alpha value is -2.18. The van der Waals surface area contributed by atoms with Gasteiger partial charge >= 0.3 is 0 Å². The first-order chi connectivity index (χ1) is 13.7. The molecule has 1 atom stereocenters. The molecule has 0 N–H and O–H groups in total. The number of hydrogen-bond acceptors (Lipinski definition) is 5. The Morgan fingerprint density at radius 2 is 2.07 bits per heavy atom. The van der Waals surface area contributed by atoms with Gasteiger partial charge in [0.15, 0.2) is 6.29 Å². The smallest absolute Gasteiger partial charge is 0.209 e. The Morgan fingerprint density at radius 1 is 1.21 bits per heavy atom. The van der Waals surface area contributed by atoms with Gasteiger partial charge in [-0.1, -0.05) is 23.9 Å². The molecule has 0 unspecified atom stereocenters. The van der Waals surface area contributed by atoms with Gasteiger partial charge in [0, 0.05) is 36.3 Å². The van der Waals surface area contributed by atoms with Crippen molar-refractivity contribution in [3.8, 4) is 5.75 Å². The molecule has 4 rings (SSSR count). The molecule has 2 heterocycles. The van der Waals surface area contributed by atoms with E-state index in [-0.39, 0.29) is 6.29 Å². The fourth-order valence-corrected chi connectivity index (χ4v) is 4.74. The van der Waals surface area contributed by atoms with Crippen molar-refractivity contribution < 1.29 is 14.3 Å². The van der Waals surface area contributed by atoms with Crippen LogP contribution in [0.25, 0.3) is 0 Å². The first-order valence-corrected chi connectivity index (χ1v) is 10.7. The summed E-state index contributed by atoms with van der Waals surface area (Å²) >= 11 is 1.78. The van der Waals surface area contributed by atoms with Crippen molar-refractivity contribution in [2.45, 2.75) is 41.8 Å². The van der Waals surface area contributed by atoms with Crippen molar-refractivity contribution in [3.63, 3.8) is 0 Å². The van der Waals surface area contributed by atoms with Gasteiger partial charge < -0.3 is 19.3 Å². The summed E-state index contributed by atoms with van der Waals surface area (Å²) in [5.74, 6) is 0.859. The van der Waals surface area contributed by atoms with Gasteiger partial charge in [0.2, 0.25) is 6.41 Å². The minimum absolute atomic E-state index is 0.136. The summed E-state index contributed by atoms with van der Waals surface area (Å²) in [6.07, 6.45) is 4.87. The maximum atomic E-state index is 10.9. The van der Waals surface area contributed by atoms with Crippen molar-refractivity contribution >= 4 is 29.5 Å². The van der Waals surface area contributed by atoms with Gasteiger partial charge in [-0.3, -0.25) is 4.79 Å². The van der Waals surface area contributed by atoms with Gasteiger partial charge in [0.1, 0.15) is 5.75 Å². The quantitative estimate of drug-likeness (QED) is 0.634. The lowest BCUT2D eigenvalue weighted by atomic mass is 10.2. The van der Waals surface area contributed by atoms with Crippen LogP contribution in [-0.4, -0.2) is 44.3 Å². The molecule has 6 heteroatoms. The molecule has 0 aliphatic carbocycles. The predicted molar refractivity (Wildman–Crippen MR) is 112 cm³/mol. The van der Waals surface area contributed by atoms with E-state index in [9.17, 15) is 4.79 Å². The first kappa shape index (κ1) is 19.2. The van der Waals surface area contributed by atoms with E-state index in [1.807, 2.05) is 13.1 Å². The average molecular weight is 399 g/mol. The number of hydrogen-bond donors (Lipinski definition) is 0. The van der Waals surface area contributed by atoms with Crippen LogP contribution < -0.4 is 9.64 Å². The number of anilines is 2. The zero-order chi connectivity index (χ0) is 19.3. The Balaban J connectivity index is 1.55. The van der Waals surface area contributed by atoms with Gasteiger partial charge in [0.25, 0.3) is 0 Å². The fourth-order valence-electron chi connectivity index (χ4n) is 3.61. The van der Waals surface area contributed by atoms with Gasteiger partial charge in [-0.25, -0.2) is 0 Å². The third kappa shape index (κ3) is 4.28. The summed E-state index contributed by atoms with van der Waals surface area (Å²) in [6.45, 7) is 2.38. The van der Waals surface area contributed by atoms with Crippen LogP contribution in [-0.2, 0) is 9.53 Å². The molecule has 2 aliphatic rings. The van der Waals surface area contributed by atoms with E-state index in [4.69, 9.17) is 9.47 Å². The molecule has 5 nitrogen and oxygen atoms in total. The lowest BCUT2D eigenvalue weighted by Crippen LogP contribution is -2.26. The van der Waals surface area contributed by atoms with Crippen LogP contribution in [0.4, 0.5) is 11.4 Å². The Kier molecular flexibility index (Phi) is 6.07. The summed E-state index contributed by atoms with van der Waals surface area (Å²) < 4.78 is 11.8. The zero-order valence-corrected chi connectivity index (χ0v) is 17.0. The number of amides is 1. The summed E-state index contributed by atoms with van der Waals surface area (Å²) in [7, 11) is 1.82. The van der Waals surface area contributed by atoms with Crippen molar-refractivity contribution in [2.24, 2.45) is 0 Å². The van der Waals surface area contributed by atoms with Gasteiger partial charge in [-0.05, 0) is 49.6 Å². The molecule has 1 amide bonds. The molecule has 0 bridgehead atoms. The molecule has 2 aromatic carbocycles. The van der Waals surface area contributed by atoms with Gasteiger partial charge in [-0.15, -0.1) is 0 Å². The second-order valence-electron chi connectivity index (χ2n) is 7.20. The highest BCUT2D eigenvalue weighted by Gasteiger charge is 2.24. The largest absolute Gasteiger partial charge is 0.465 e. The second-order valence-corrected chi connectivity index (χ2v) is 8.29. The van der Waals surface area contributed by atoms with E-state index < -0.39 is 0 Å². The molecule has 1 fully saturated rings. The van der Waals surface area contributed by atoms with Crippen LogP contribution in [0.3, 0.4) is 0 Å². The minimum atomic E-state index is -0.136. The van der Waals surface area contributed by atoms with Crippen LogP contribution in [0.5, 0.6) is 5.75 Å². The van der Waals surface area contributed by atoms with E-state index in [0.717, 1.165) is 57.5 Å². The molecule has 0 spiro atoms. The van der Waals surface area contributed by atoms with Crippen LogP contribution in [0.1, 0.15) is 25.7 Å². The molecule has 0 aromatic heterocycles. The molecular weight excluding hydrogens is 372 g/mol. The van der Waals surface area contributed by atoms with E-state index in [0.29, 0.717) is 0 Å². The highest BCUT2D eigenvalue weighted by molar-refractivity contribution is 7.99. The molecule has 0 radical (unpaired) electrons. The topological polar surface area (TPSA) is 42.0 Å². The Bertz CT molecular complexity index is 823. The van der Waals surface area contributed by atoms with Gasteiger partial charge in [0.05, 0.1) is 18.0 Å². The SMILES string of the molecule is CN(C=O)CCCN1c2ccccc2Sc2cc(O[C@H]3CCCCO3)ccc21. The van der Waals surface area contributed by atoms with Crippen molar-refractivity contribution in [1.82, 2.24) is 4.90 Å². The van der Waals surface area contributed by atoms with Crippen LogP contribution >= 0.6 is 11.8 Å². The van der Waals surface area contributed by atoms with Crippen molar-refractivity contribution in [1.29, 1.82) is 0 Å². The van der Waals surface area contributed by atoms with Crippen LogP contribution in [0, 0.1) is 0 Å². The standard InChI is InChI=1S/C22H26N2O3S/c1-23(16-25)12-6-13-24-18-7-2-3-8-20(18)28-21-15-17(10-11-19(21)24)27-22-9-4-5-14-26-22/h2-3,7-8,10-11,15-16,22H,4-6,9,12-14H2,1H3/t22-/m0/s1. The Morgan fingerprint density at radius 3 is 2.89 bits per heavy atom. The summed E-state index contributed by atoms with van der Waals surface area (Å²) in [4.78, 5) is 17.3. The van der Waals surface area contributed by atoms with E-state index in [1.54, 1.807) is 16.7 Å². The average Bonchev–Trinajstić information content (AvgIpc) is 2.73. The molecule has 148 valence electrons. The monoisotopic (exact) mass is 398 g/mol. The molecule has 1 saturated heterocycles. The Labute approximate surface area is 170 Å². The van der Waals surface area contributed by atoms with E-state index in [1.165, 1.54) is 21.2 Å². The number of ether oxygens (including phenoxy) is 2. The summed E-state index contributed by atoms with van der Waals surface area (Å²) in [5, 5.41) is 0. The highest BCUT2D eigenvalue weighted by Crippen LogP contribution is 2.49. The number of carbonyl (C=O) groups is 1. The predicted octanol–water partition coefficient (Wildman–Crippen LogP) is 4.67. The number of rotatable bonds is 7. The molecule has 28 heavy (non-hydrogen) atoms. The maximum absolute atomic E-state index is 10.9. The number of nitrogens with zero attached hydrogens (tertiary/aromatic N) is 2. The zero-order valence-electron chi connectivity index (χ0n) is 16.2. The number of fused-ring (bicyclic) bond motifs is 2. The molecule has 2 aliphatic heterocycles. The molecular formula is C22H26N2O3S. The second kappa shape index (κ2) is 8.88. The molecule has 2 aromatic rings. The number of benzene rings is 2. The van der Waals surface area contributed by atoms with Crippen molar-refractivity contribution in [3.05, 3.63) is 42.5 Å². The van der Waals surface area contributed by atoms with E-state index >= 15 is 0 Å². The fraction of sp³-hybridized carbons (Fsp3) is 0.409. The normalized spacial score (nSPS) is 18.2. The lowest BCUT2D eigenvalue weighted by Gasteiger charge is -2.33. The highest BCUT2D eigenvalue weighted by atomic mass is 32.2. The molecule has 0 saturated carbocycles. The van der Waals surface area contributed by atoms with Crippen molar-refractivity contribution in [2.75, 3.05) is 31.6 Å². The van der Waals surface area contributed by atoms with E-state index in [2.05, 4.69) is 41.3 Å². The lowest BCUT2D eigenvalue weighted by molar-refractivity contribution is -0.117. The van der Waals surface area contributed by atoms with Crippen LogP contribution in [0.2, 0.25) is 0 Å². The maximum Gasteiger partial charge on any atom is 0.209 e. The summed E-state index contributed by atoms with van der Waals surface area (Å²) in [5.41, 5.74) is 2.41. The third-order valence-electron chi connectivity index (χ3n) is 5.08. The third-order valence-corrected chi connectivity index (χ3v) is 6.19. The number of para-hydroxylation sites is 1. The minimum Gasteiger partial charge on any atom is -0.465 e. The van der Waals surface area contributed by atoms with Gasteiger partial charge in [-0.2, -0.15) is 0 Å². The van der Waals surface area contributed by atoms with Crippen LogP contribution in [0.15, 0.2) is 52.3 Å². The first-order valence-electron chi connectivity index (χ1n) is 9.87.